The van der Waals surface area contributed by atoms with Crippen LogP contribution in [0.15, 0.2) is 53.6 Å². The van der Waals surface area contributed by atoms with Gasteiger partial charge in [-0.2, -0.15) is 18.3 Å². The van der Waals surface area contributed by atoms with Gasteiger partial charge in [-0.25, -0.2) is 5.43 Å². The normalized spacial score (nSPS) is 11.5. The molecule has 2 aromatic carbocycles. The highest BCUT2D eigenvalue weighted by Gasteiger charge is 2.30. The Balaban J connectivity index is 2.01. The molecule has 0 fully saturated rings. The molecule has 1 N–H and O–H groups in total. The van der Waals surface area contributed by atoms with Gasteiger partial charge in [0.1, 0.15) is 0 Å². The number of carbonyl (C=O) groups is 1. The van der Waals surface area contributed by atoms with E-state index in [1.807, 2.05) is 0 Å². The lowest BCUT2D eigenvalue weighted by atomic mass is 10.1. The molecule has 2 rings (SSSR count). The number of alkyl halides is 3. The lowest BCUT2D eigenvalue weighted by molar-refractivity contribution is -0.385. The van der Waals surface area contributed by atoms with Gasteiger partial charge in [-0.1, -0.05) is 30.3 Å². The molecule has 6 nitrogen and oxygen atoms in total. The van der Waals surface area contributed by atoms with Crippen molar-refractivity contribution in [2.45, 2.75) is 12.6 Å². The monoisotopic (exact) mass is 351 g/mol. The fourth-order valence-electron chi connectivity index (χ4n) is 2.03. The summed E-state index contributed by atoms with van der Waals surface area (Å²) >= 11 is 0. The molecule has 2 aromatic rings. The van der Waals surface area contributed by atoms with E-state index in [4.69, 9.17) is 0 Å². The molecular formula is C16H12F3N3O3. The smallest absolute Gasteiger partial charge is 0.273 e. The second kappa shape index (κ2) is 7.56. The number of hydrogen-bond donors (Lipinski definition) is 1. The van der Waals surface area contributed by atoms with Crippen molar-refractivity contribution in [2.75, 3.05) is 0 Å². The molecule has 1 amide bonds. The van der Waals surface area contributed by atoms with Crippen LogP contribution in [-0.2, 0) is 17.4 Å². The van der Waals surface area contributed by atoms with Gasteiger partial charge >= 0.3 is 6.18 Å². The first-order valence-corrected chi connectivity index (χ1v) is 6.99. The van der Waals surface area contributed by atoms with Crippen LogP contribution in [0.2, 0.25) is 0 Å². The first-order chi connectivity index (χ1) is 11.8. The molecule has 9 heteroatoms. The zero-order valence-corrected chi connectivity index (χ0v) is 12.7. The summed E-state index contributed by atoms with van der Waals surface area (Å²) in [5.41, 5.74) is 1.47. The fourth-order valence-corrected chi connectivity index (χ4v) is 2.03. The van der Waals surface area contributed by atoms with Crippen LogP contribution in [0.1, 0.15) is 16.7 Å². The van der Waals surface area contributed by atoms with Crippen LogP contribution >= 0.6 is 0 Å². The molecule has 0 spiro atoms. The number of nitrogens with zero attached hydrogens (tertiary/aromatic N) is 2. The van der Waals surface area contributed by atoms with E-state index in [1.54, 1.807) is 6.07 Å². The van der Waals surface area contributed by atoms with Crippen LogP contribution < -0.4 is 5.43 Å². The van der Waals surface area contributed by atoms with Crippen molar-refractivity contribution in [3.8, 4) is 0 Å². The number of nitro groups is 1. The Morgan fingerprint density at radius 1 is 1.20 bits per heavy atom. The minimum Gasteiger partial charge on any atom is -0.273 e. The molecule has 0 saturated heterocycles. The standard InChI is InChI=1S/C16H12F3N3O3/c17-16(18,19)13-6-3-4-11(8-13)10-20-21-15(23)9-12-5-1-2-7-14(12)22(24)25/h1-8,10H,9H2,(H,21,23). The van der Waals surface area contributed by atoms with Crippen molar-refractivity contribution in [1.29, 1.82) is 0 Å². The molecule has 130 valence electrons. The van der Waals surface area contributed by atoms with Gasteiger partial charge in [0, 0.05) is 11.6 Å². The number of hydrazone groups is 1. The molecule has 0 atom stereocenters. The van der Waals surface area contributed by atoms with E-state index < -0.39 is 22.6 Å². The van der Waals surface area contributed by atoms with Crippen molar-refractivity contribution in [1.82, 2.24) is 5.43 Å². The Labute approximate surface area is 140 Å². The van der Waals surface area contributed by atoms with Gasteiger partial charge in [0.25, 0.3) is 5.69 Å². The van der Waals surface area contributed by atoms with Crippen molar-refractivity contribution < 1.29 is 22.9 Å². The average Bonchev–Trinajstić information content (AvgIpc) is 2.54. The Kier molecular flexibility index (Phi) is 5.48. The van der Waals surface area contributed by atoms with Crippen LogP contribution in [0.3, 0.4) is 0 Å². The number of nitro benzene ring substituents is 1. The number of halogens is 3. The lowest BCUT2D eigenvalue weighted by Gasteiger charge is -2.06. The molecule has 0 aliphatic rings. The molecule has 25 heavy (non-hydrogen) atoms. The van der Waals surface area contributed by atoms with Gasteiger partial charge in [0.15, 0.2) is 0 Å². The summed E-state index contributed by atoms with van der Waals surface area (Å²) in [5, 5.41) is 14.4. The summed E-state index contributed by atoms with van der Waals surface area (Å²) in [7, 11) is 0. The van der Waals surface area contributed by atoms with E-state index in [0.717, 1.165) is 18.3 Å². The quantitative estimate of drug-likeness (QED) is 0.509. The highest BCUT2D eigenvalue weighted by Crippen LogP contribution is 2.29. The maximum Gasteiger partial charge on any atom is 0.416 e. The summed E-state index contributed by atoms with van der Waals surface area (Å²) < 4.78 is 37.8. The second-order valence-electron chi connectivity index (χ2n) is 4.98. The van der Waals surface area contributed by atoms with E-state index in [-0.39, 0.29) is 23.2 Å². The van der Waals surface area contributed by atoms with Crippen molar-refractivity contribution in [3.05, 3.63) is 75.3 Å². The predicted octanol–water partition coefficient (Wildman–Crippen LogP) is 3.31. The highest BCUT2D eigenvalue weighted by atomic mass is 19.4. The zero-order valence-electron chi connectivity index (χ0n) is 12.7. The van der Waals surface area contributed by atoms with Gasteiger partial charge in [0.05, 0.1) is 23.1 Å². The highest BCUT2D eigenvalue weighted by molar-refractivity contribution is 5.83. The molecular weight excluding hydrogens is 339 g/mol. The van der Waals surface area contributed by atoms with E-state index in [2.05, 4.69) is 10.5 Å². The van der Waals surface area contributed by atoms with Gasteiger partial charge in [0.2, 0.25) is 5.91 Å². The molecule has 0 unspecified atom stereocenters. The van der Waals surface area contributed by atoms with Crippen LogP contribution in [0, 0.1) is 10.1 Å². The molecule has 0 heterocycles. The van der Waals surface area contributed by atoms with Crippen LogP contribution in [-0.4, -0.2) is 17.0 Å². The van der Waals surface area contributed by atoms with E-state index in [1.165, 1.54) is 30.3 Å². The minimum absolute atomic E-state index is 0.154. The molecule has 0 bridgehead atoms. The van der Waals surface area contributed by atoms with Gasteiger partial charge < -0.3 is 0 Å². The maximum absolute atomic E-state index is 12.6. The zero-order chi connectivity index (χ0) is 18.4. The van der Waals surface area contributed by atoms with Crippen molar-refractivity contribution in [2.24, 2.45) is 5.10 Å². The minimum atomic E-state index is -4.47. The fraction of sp³-hybridized carbons (Fsp3) is 0.125. The van der Waals surface area contributed by atoms with Gasteiger partial charge in [-0.05, 0) is 17.7 Å². The predicted molar refractivity (Wildman–Crippen MR) is 84.0 cm³/mol. The van der Waals surface area contributed by atoms with E-state index in [0.29, 0.717) is 0 Å². The molecule has 0 aromatic heterocycles. The average molecular weight is 351 g/mol. The summed E-state index contributed by atoms with van der Waals surface area (Å²) in [6.45, 7) is 0. The van der Waals surface area contributed by atoms with Crippen LogP contribution in [0.25, 0.3) is 0 Å². The maximum atomic E-state index is 12.6. The second-order valence-corrected chi connectivity index (χ2v) is 4.98. The summed E-state index contributed by atoms with van der Waals surface area (Å²) in [5.74, 6) is -0.627. The number of rotatable bonds is 5. The van der Waals surface area contributed by atoms with Gasteiger partial charge in [-0.15, -0.1) is 0 Å². The number of benzene rings is 2. The summed E-state index contributed by atoms with van der Waals surface area (Å²) in [6.07, 6.45) is -3.69. The SMILES string of the molecule is O=C(Cc1ccccc1[N+](=O)[O-])NN=Cc1cccc(C(F)(F)F)c1. The number of para-hydroxylation sites is 1. The number of amides is 1. The number of nitrogens with one attached hydrogen (secondary N) is 1. The van der Waals surface area contributed by atoms with Crippen LogP contribution in [0.4, 0.5) is 18.9 Å². The van der Waals surface area contributed by atoms with E-state index in [9.17, 15) is 28.1 Å². The van der Waals surface area contributed by atoms with Crippen molar-refractivity contribution in [3.63, 3.8) is 0 Å². The summed E-state index contributed by atoms with van der Waals surface area (Å²) in [6, 6.07) is 10.2. The lowest BCUT2D eigenvalue weighted by Crippen LogP contribution is -2.20. The third-order valence-electron chi connectivity index (χ3n) is 3.16. The Morgan fingerprint density at radius 3 is 2.60 bits per heavy atom. The van der Waals surface area contributed by atoms with E-state index >= 15 is 0 Å². The first-order valence-electron chi connectivity index (χ1n) is 6.99. The molecule has 0 aliphatic heterocycles. The molecule has 0 radical (unpaired) electrons. The number of hydrogen-bond acceptors (Lipinski definition) is 4. The Morgan fingerprint density at radius 2 is 1.92 bits per heavy atom. The third kappa shape index (κ3) is 5.13. The third-order valence-corrected chi connectivity index (χ3v) is 3.16. The molecule has 0 aliphatic carbocycles. The largest absolute Gasteiger partial charge is 0.416 e. The van der Waals surface area contributed by atoms with Gasteiger partial charge in [-0.3, -0.25) is 14.9 Å². The Hall–Kier alpha value is -3.23. The summed E-state index contributed by atoms with van der Waals surface area (Å²) in [4.78, 5) is 22.0. The topological polar surface area (TPSA) is 84.6 Å². The van der Waals surface area contributed by atoms with Crippen molar-refractivity contribution >= 4 is 17.8 Å². The van der Waals surface area contributed by atoms with Crippen LogP contribution in [0.5, 0.6) is 0 Å². The Bertz CT molecular complexity index is 820. The number of carbonyl (C=O) groups excluding carboxylic acids is 1. The first kappa shape index (κ1) is 18.1. The molecule has 0 saturated carbocycles.